The summed E-state index contributed by atoms with van der Waals surface area (Å²) in [5, 5.41) is 7.05. The van der Waals surface area contributed by atoms with E-state index in [1.54, 1.807) is 11.4 Å². The van der Waals surface area contributed by atoms with Gasteiger partial charge >= 0.3 is 0 Å². The van der Waals surface area contributed by atoms with Gasteiger partial charge in [-0.3, -0.25) is 4.79 Å². The van der Waals surface area contributed by atoms with Gasteiger partial charge in [-0.25, -0.2) is 10.4 Å². The van der Waals surface area contributed by atoms with Crippen LogP contribution in [0.5, 0.6) is 0 Å². The molecule has 0 unspecified atom stereocenters. The number of nitrogens with one attached hydrogen (secondary N) is 1. The second kappa shape index (κ2) is 7.54. The number of amides is 1. The van der Waals surface area contributed by atoms with Crippen LogP contribution in [0.2, 0.25) is 5.02 Å². The maximum Gasteiger partial charge on any atom is 0.290 e. The number of halogens is 1. The minimum atomic E-state index is -0.343. The Labute approximate surface area is 142 Å². The Morgan fingerprint density at radius 3 is 2.96 bits per heavy atom. The van der Waals surface area contributed by atoms with Crippen LogP contribution < -0.4 is 10.3 Å². The van der Waals surface area contributed by atoms with Crippen molar-refractivity contribution in [1.29, 1.82) is 0 Å². The molecule has 1 aromatic heterocycles. The van der Waals surface area contributed by atoms with Crippen molar-refractivity contribution < 1.29 is 9.53 Å². The first-order chi connectivity index (χ1) is 11.2. The molecule has 6 nitrogen and oxygen atoms in total. The molecular weight excluding hydrogens is 336 g/mol. The van der Waals surface area contributed by atoms with Gasteiger partial charge in [-0.05, 0) is 6.07 Å². The molecule has 0 atom stereocenters. The van der Waals surface area contributed by atoms with Gasteiger partial charge in [0.2, 0.25) is 0 Å². The Balaban J connectivity index is 1.60. The van der Waals surface area contributed by atoms with Crippen molar-refractivity contribution in [2.45, 2.75) is 0 Å². The van der Waals surface area contributed by atoms with Gasteiger partial charge in [0.25, 0.3) is 5.91 Å². The van der Waals surface area contributed by atoms with Crippen molar-refractivity contribution >= 4 is 40.2 Å². The Morgan fingerprint density at radius 2 is 2.17 bits per heavy atom. The monoisotopic (exact) mass is 350 g/mol. The van der Waals surface area contributed by atoms with E-state index in [4.69, 9.17) is 16.3 Å². The number of aromatic nitrogens is 1. The molecule has 1 saturated heterocycles. The minimum absolute atomic E-state index is 0.343. The maximum atomic E-state index is 12.1. The zero-order valence-electron chi connectivity index (χ0n) is 12.2. The van der Waals surface area contributed by atoms with Crippen LogP contribution in [0.1, 0.15) is 16.1 Å². The van der Waals surface area contributed by atoms with Gasteiger partial charge < -0.3 is 9.64 Å². The number of benzene rings is 1. The van der Waals surface area contributed by atoms with E-state index in [1.165, 1.54) is 17.6 Å². The number of nitrogens with zero attached hydrogens (tertiary/aromatic N) is 3. The average Bonchev–Trinajstić information content (AvgIpc) is 3.07. The summed E-state index contributed by atoms with van der Waals surface area (Å²) in [5.41, 5.74) is 3.56. The summed E-state index contributed by atoms with van der Waals surface area (Å²) in [6, 6.07) is 7.27. The van der Waals surface area contributed by atoms with Gasteiger partial charge in [0.05, 0.1) is 19.4 Å². The molecule has 0 bridgehead atoms. The van der Waals surface area contributed by atoms with E-state index in [2.05, 4.69) is 20.4 Å². The van der Waals surface area contributed by atoms with E-state index in [1.807, 2.05) is 18.2 Å². The molecule has 2 heterocycles. The summed E-state index contributed by atoms with van der Waals surface area (Å²) in [4.78, 5) is 18.5. The first kappa shape index (κ1) is 15.9. The molecule has 0 saturated carbocycles. The van der Waals surface area contributed by atoms with Crippen molar-refractivity contribution in [3.8, 4) is 0 Å². The third-order valence-electron chi connectivity index (χ3n) is 3.28. The lowest BCUT2D eigenvalue weighted by Gasteiger charge is -2.25. The quantitative estimate of drug-likeness (QED) is 0.679. The highest BCUT2D eigenvalue weighted by molar-refractivity contribution is 7.13. The molecule has 23 heavy (non-hydrogen) atoms. The summed E-state index contributed by atoms with van der Waals surface area (Å²) in [5.74, 6) is -0.343. The van der Waals surface area contributed by atoms with Crippen molar-refractivity contribution in [3.63, 3.8) is 0 Å². The highest BCUT2D eigenvalue weighted by atomic mass is 35.5. The Bertz CT molecular complexity index is 713. The second-order valence-corrected chi connectivity index (χ2v) is 6.08. The highest BCUT2D eigenvalue weighted by Crippen LogP contribution is 2.21. The molecule has 0 spiro atoms. The number of ether oxygens (including phenoxy) is 1. The van der Waals surface area contributed by atoms with Gasteiger partial charge in [-0.2, -0.15) is 5.10 Å². The van der Waals surface area contributed by atoms with Crippen LogP contribution >= 0.6 is 22.9 Å². The summed E-state index contributed by atoms with van der Waals surface area (Å²) in [7, 11) is 0. The van der Waals surface area contributed by atoms with Crippen molar-refractivity contribution in [2.75, 3.05) is 31.2 Å². The normalized spacial score (nSPS) is 15.1. The van der Waals surface area contributed by atoms with E-state index in [0.717, 1.165) is 23.8 Å². The van der Waals surface area contributed by atoms with Crippen LogP contribution in [0.3, 0.4) is 0 Å². The summed E-state index contributed by atoms with van der Waals surface area (Å²) in [6.45, 7) is 2.95. The molecule has 2 aromatic rings. The van der Waals surface area contributed by atoms with Crippen molar-refractivity contribution in [3.05, 3.63) is 45.9 Å². The molecule has 0 aliphatic carbocycles. The van der Waals surface area contributed by atoms with Gasteiger partial charge in [-0.15, -0.1) is 11.3 Å². The lowest BCUT2D eigenvalue weighted by Crippen LogP contribution is -2.36. The number of hydrazone groups is 1. The predicted octanol–water partition coefficient (Wildman–Crippen LogP) is 2.40. The third-order valence-corrected chi connectivity index (χ3v) is 4.53. The van der Waals surface area contributed by atoms with Gasteiger partial charge in [0.15, 0.2) is 5.13 Å². The van der Waals surface area contributed by atoms with Crippen LogP contribution in [0.25, 0.3) is 0 Å². The molecule has 1 fully saturated rings. The SMILES string of the molecule is O=C(N/N=C/c1ccccc1Cl)c1csc(N2CCOCC2)n1. The number of hydrogen-bond donors (Lipinski definition) is 1. The number of carbonyl (C=O) groups excluding carboxylic acids is 1. The number of hydrogen-bond acceptors (Lipinski definition) is 6. The molecule has 1 aliphatic rings. The molecule has 120 valence electrons. The number of rotatable bonds is 4. The Hall–Kier alpha value is -1.96. The van der Waals surface area contributed by atoms with Crippen LogP contribution in [-0.2, 0) is 4.74 Å². The van der Waals surface area contributed by atoms with Gasteiger partial charge in [-0.1, -0.05) is 29.8 Å². The van der Waals surface area contributed by atoms with Crippen LogP contribution in [-0.4, -0.2) is 43.4 Å². The molecule has 1 aromatic carbocycles. The minimum Gasteiger partial charge on any atom is -0.378 e. The maximum absolute atomic E-state index is 12.1. The van der Waals surface area contributed by atoms with E-state index in [0.29, 0.717) is 23.9 Å². The number of thiazole rings is 1. The lowest BCUT2D eigenvalue weighted by atomic mass is 10.2. The number of carbonyl (C=O) groups is 1. The number of morpholine rings is 1. The van der Waals surface area contributed by atoms with Gasteiger partial charge in [0, 0.05) is 29.1 Å². The fourth-order valence-electron chi connectivity index (χ4n) is 2.07. The van der Waals surface area contributed by atoms with Crippen LogP contribution in [0.15, 0.2) is 34.7 Å². The largest absolute Gasteiger partial charge is 0.378 e. The summed E-state index contributed by atoms with van der Waals surface area (Å²) in [6.07, 6.45) is 1.51. The van der Waals surface area contributed by atoms with Crippen molar-refractivity contribution in [2.24, 2.45) is 5.10 Å². The fourth-order valence-corrected chi connectivity index (χ4v) is 3.11. The first-order valence-electron chi connectivity index (χ1n) is 7.10. The topological polar surface area (TPSA) is 66.8 Å². The molecule has 0 radical (unpaired) electrons. The van der Waals surface area contributed by atoms with E-state index in [9.17, 15) is 4.79 Å². The van der Waals surface area contributed by atoms with E-state index in [-0.39, 0.29) is 5.91 Å². The van der Waals surface area contributed by atoms with Crippen molar-refractivity contribution in [1.82, 2.24) is 10.4 Å². The second-order valence-electron chi connectivity index (χ2n) is 4.84. The molecule has 3 rings (SSSR count). The van der Waals surface area contributed by atoms with Crippen LogP contribution in [0.4, 0.5) is 5.13 Å². The third kappa shape index (κ3) is 4.07. The lowest BCUT2D eigenvalue weighted by molar-refractivity contribution is 0.0951. The van der Waals surface area contributed by atoms with Crippen LogP contribution in [0, 0.1) is 0 Å². The fraction of sp³-hybridized carbons (Fsp3) is 0.267. The van der Waals surface area contributed by atoms with E-state index >= 15 is 0 Å². The average molecular weight is 351 g/mol. The summed E-state index contributed by atoms with van der Waals surface area (Å²) < 4.78 is 5.31. The van der Waals surface area contributed by atoms with E-state index < -0.39 is 0 Å². The molecule has 1 amide bonds. The summed E-state index contributed by atoms with van der Waals surface area (Å²) >= 11 is 7.46. The molecular formula is C15H15ClN4O2S. The standard InChI is InChI=1S/C15H15ClN4O2S/c16-12-4-2-1-3-11(12)9-17-19-14(21)13-10-23-15(18-13)20-5-7-22-8-6-20/h1-4,9-10H,5-8H2,(H,19,21)/b17-9+. The highest BCUT2D eigenvalue weighted by Gasteiger charge is 2.17. The first-order valence-corrected chi connectivity index (χ1v) is 8.36. The number of anilines is 1. The molecule has 1 N–H and O–H groups in total. The van der Waals surface area contributed by atoms with Gasteiger partial charge in [0.1, 0.15) is 5.69 Å². The smallest absolute Gasteiger partial charge is 0.290 e. The zero-order valence-corrected chi connectivity index (χ0v) is 13.8. The molecule has 8 heteroatoms. The Kier molecular flexibility index (Phi) is 5.22. The molecule has 1 aliphatic heterocycles. The Morgan fingerprint density at radius 1 is 1.39 bits per heavy atom. The zero-order chi connectivity index (χ0) is 16.1. The predicted molar refractivity (Wildman–Crippen MR) is 91.7 cm³/mol.